The monoisotopic (exact) mass is 1840 g/mol. The normalized spacial score (nSPS) is 11.7. The zero-order chi connectivity index (χ0) is 95.5. The maximum atomic E-state index is 5.29. The molecule has 24 aromatic carbocycles. The van der Waals surface area contributed by atoms with Gasteiger partial charge in [-0.1, -0.05) is 394 Å². The Morgan fingerprint density at radius 2 is 0.497 bits per heavy atom. The first-order valence-corrected chi connectivity index (χ1v) is 49.6. The minimum atomic E-state index is 0.666. The number of benzene rings is 24. The number of aromatic nitrogens is 8. The van der Waals surface area contributed by atoms with Gasteiger partial charge in [-0.05, 0) is 249 Å². The molecule has 30 aromatic rings. The largest absolute Gasteiger partial charge is 0.309 e. The van der Waals surface area contributed by atoms with Crippen LogP contribution in [0.15, 0.2) is 534 Å². The molecule has 0 amide bonds. The first kappa shape index (κ1) is 83.7. The van der Waals surface area contributed by atoms with Crippen molar-refractivity contribution in [2.24, 2.45) is 0 Å². The molecule has 8 nitrogen and oxygen atoms in total. The van der Waals surface area contributed by atoms with Crippen molar-refractivity contribution in [1.82, 2.24) is 37.8 Å². The molecule has 0 saturated carbocycles. The second-order valence-corrected chi connectivity index (χ2v) is 37.6. The Kier molecular flexibility index (Phi) is 20.1. The Bertz CT molecular complexity index is 10100. The fourth-order valence-corrected chi connectivity index (χ4v) is 22.8. The van der Waals surface area contributed by atoms with Crippen LogP contribution in [0, 0.1) is 0 Å². The second-order valence-electron chi connectivity index (χ2n) is 37.6. The van der Waals surface area contributed by atoms with Crippen molar-refractivity contribution in [1.29, 1.82) is 0 Å². The van der Waals surface area contributed by atoms with Crippen molar-refractivity contribution in [3.63, 3.8) is 0 Å². The molecule has 0 unspecified atom stereocenters. The minimum Gasteiger partial charge on any atom is -0.309 e. The highest BCUT2D eigenvalue weighted by atomic mass is 15.2. The molecule has 0 radical (unpaired) electrons. The second kappa shape index (κ2) is 34.9. The van der Waals surface area contributed by atoms with Gasteiger partial charge in [0.15, 0.2) is 0 Å². The third kappa shape index (κ3) is 14.2. The van der Waals surface area contributed by atoms with Crippen LogP contribution in [0.4, 0.5) is 0 Å². The Hall–Kier alpha value is -19.4. The van der Waals surface area contributed by atoms with Gasteiger partial charge in [0.1, 0.15) is 5.82 Å². The summed E-state index contributed by atoms with van der Waals surface area (Å²) in [4.78, 5) is 15.6. The lowest BCUT2D eigenvalue weighted by Gasteiger charge is -2.19. The average molecular weight is 1850 g/mol. The molecule has 145 heavy (non-hydrogen) atoms. The van der Waals surface area contributed by atoms with Gasteiger partial charge in [-0.25, -0.2) is 15.0 Å². The van der Waals surface area contributed by atoms with Crippen molar-refractivity contribution >= 4 is 163 Å². The third-order valence-corrected chi connectivity index (χ3v) is 29.4. The molecular weight excluding hydrogens is 1760 g/mol. The molecule has 8 heteroatoms. The molecule has 0 spiro atoms. The molecule has 6 heterocycles. The molecule has 0 fully saturated rings. The summed E-state index contributed by atoms with van der Waals surface area (Å²) < 4.78 is 11.6. The van der Waals surface area contributed by atoms with Gasteiger partial charge in [0.05, 0.1) is 66.4 Å². The van der Waals surface area contributed by atoms with Gasteiger partial charge in [-0.3, -0.25) is 9.13 Å². The molecule has 6 aromatic heterocycles. The molecule has 0 aliphatic carbocycles. The van der Waals surface area contributed by atoms with Crippen LogP contribution in [0.25, 0.3) is 270 Å². The predicted octanol–water partition coefficient (Wildman–Crippen LogP) is 36.2. The molecule has 0 aliphatic heterocycles. The van der Waals surface area contributed by atoms with Crippen LogP contribution in [-0.2, 0) is 0 Å². The fourth-order valence-electron chi connectivity index (χ4n) is 22.8. The predicted molar refractivity (Wildman–Crippen MR) is 610 cm³/mol. The number of hydrogen-bond donors (Lipinski definition) is 0. The van der Waals surface area contributed by atoms with E-state index in [9.17, 15) is 0 Å². The van der Waals surface area contributed by atoms with Gasteiger partial charge in [-0.2, -0.15) is 0 Å². The van der Waals surface area contributed by atoms with E-state index < -0.39 is 0 Å². The lowest BCUT2D eigenvalue weighted by atomic mass is 9.84. The summed E-state index contributed by atoms with van der Waals surface area (Å²) in [5.41, 5.74) is 32.3. The lowest BCUT2D eigenvalue weighted by Crippen LogP contribution is -2.03. The van der Waals surface area contributed by atoms with E-state index in [1.807, 2.05) is 12.1 Å². The molecule has 0 aliphatic rings. The van der Waals surface area contributed by atoms with Crippen LogP contribution in [0.2, 0.25) is 0 Å². The van der Waals surface area contributed by atoms with E-state index in [1.54, 1.807) is 0 Å². The molecule has 0 bridgehead atoms. The van der Waals surface area contributed by atoms with Gasteiger partial charge in [0.25, 0.3) is 0 Å². The summed E-state index contributed by atoms with van der Waals surface area (Å²) in [6, 6.07) is 192. The highest BCUT2D eigenvalue weighted by Crippen LogP contribution is 2.49. The van der Waals surface area contributed by atoms with Crippen LogP contribution in [0.1, 0.15) is 0 Å². The lowest BCUT2D eigenvalue weighted by molar-refractivity contribution is 1.01. The molecule has 30 rings (SSSR count). The quantitative estimate of drug-likeness (QED) is 0.115. The van der Waals surface area contributed by atoms with Crippen LogP contribution < -0.4 is 0 Å². The first-order valence-electron chi connectivity index (χ1n) is 49.6. The van der Waals surface area contributed by atoms with E-state index >= 15 is 0 Å². The third-order valence-electron chi connectivity index (χ3n) is 29.4. The number of hydrogen-bond acceptors (Lipinski definition) is 3. The first-order chi connectivity index (χ1) is 71.9. The van der Waals surface area contributed by atoms with Gasteiger partial charge >= 0.3 is 0 Å². The van der Waals surface area contributed by atoms with E-state index in [2.05, 4.69) is 545 Å². The minimum absolute atomic E-state index is 0.666. The van der Waals surface area contributed by atoms with Crippen LogP contribution in [0.5, 0.6) is 0 Å². The standard InChI is InChI=1S/C53H34N2.C48H30N4.C36H24N2/c1-2-16-44(17-3-1)55-50-21-11-10-20-49(50)54-53(55)38-26-22-37(23-27-38)41-30-31-47-48(34-41)52(43-29-25-36-13-5-7-15-40(36)33-43)46-19-9-8-18-45(46)51(47)42-28-24-35-12-4-6-14-39(35)32-42;1-3-14-31(15-4-1)47-38-19-7-10-23-41(38)49-48(50-47)52-43-25-12-9-20-39(43)46-37-22-13-21-34(35(37)27-29-45(46)52)32-26-28-44-40(30-32)36-18-8-11-24-42(36)51(44)33-16-5-2-6-17-33;1-5-13-33-29(9-1)30-10-2-6-14-34(30)37(33)27-21-17-25(18-22-27)26-19-23-28(24-20-26)38-35-15-7-3-11-31(35)32-12-4-8-16-36(32)38/h1-34H;1-30H;1-24H. The van der Waals surface area contributed by atoms with Crippen molar-refractivity contribution in [2.75, 3.05) is 0 Å². The topological polar surface area (TPSA) is 63.3 Å². The summed E-state index contributed by atoms with van der Waals surface area (Å²) in [7, 11) is 0. The maximum Gasteiger partial charge on any atom is 0.235 e. The van der Waals surface area contributed by atoms with Gasteiger partial charge in [0.2, 0.25) is 5.95 Å². The highest BCUT2D eigenvalue weighted by Gasteiger charge is 2.26. The smallest absolute Gasteiger partial charge is 0.235 e. The van der Waals surface area contributed by atoms with Gasteiger partial charge in [-0.15, -0.1) is 0 Å². The van der Waals surface area contributed by atoms with E-state index in [-0.39, 0.29) is 0 Å². The Labute approximate surface area is 835 Å². The molecular formula is C137H88N8. The number of imidazole rings is 1. The SMILES string of the molecule is c1ccc(-c2nc(-n3c4ccccc4c4c5cccc(-c6ccc7c(c6)c6ccccc6n7-c6ccccc6)c5ccc43)nc3ccccc23)cc1.c1ccc(-n2c(-c3ccc(-c4ccc5c(-c6ccc7ccccc7c6)c6ccccc6c(-c6ccc7ccccc7c6)c5c4)cc3)nc3ccccc32)cc1.c1ccc2c(c1)c1ccccc1n2-c1ccc(-c2ccc(-n3c4ccccc4c4ccccc43)cc2)cc1. The Balaban J connectivity index is 0.000000107. The number of nitrogens with zero attached hydrogens (tertiary/aromatic N) is 8. The van der Waals surface area contributed by atoms with Crippen molar-refractivity contribution in [2.45, 2.75) is 0 Å². The zero-order valence-electron chi connectivity index (χ0n) is 78.9. The average Bonchev–Trinajstić information content (AvgIpc) is 1.65. The van der Waals surface area contributed by atoms with Gasteiger partial charge < -0.3 is 13.7 Å². The van der Waals surface area contributed by atoms with Crippen LogP contribution in [0.3, 0.4) is 0 Å². The van der Waals surface area contributed by atoms with Gasteiger partial charge in [0, 0.05) is 82.4 Å². The van der Waals surface area contributed by atoms with Crippen molar-refractivity contribution in [3.05, 3.63) is 534 Å². The molecule has 676 valence electrons. The van der Waals surface area contributed by atoms with Crippen molar-refractivity contribution in [3.8, 4) is 107 Å². The Morgan fingerprint density at radius 3 is 1.04 bits per heavy atom. The van der Waals surface area contributed by atoms with E-state index in [0.717, 1.165) is 72.6 Å². The molecule has 0 N–H and O–H groups in total. The fraction of sp³-hybridized carbons (Fsp3) is 0. The van der Waals surface area contributed by atoms with E-state index in [4.69, 9.17) is 15.0 Å². The van der Waals surface area contributed by atoms with E-state index in [1.165, 1.54) is 191 Å². The highest BCUT2D eigenvalue weighted by molar-refractivity contribution is 6.25. The van der Waals surface area contributed by atoms with E-state index in [0.29, 0.717) is 5.95 Å². The van der Waals surface area contributed by atoms with Crippen molar-refractivity contribution < 1.29 is 0 Å². The molecule has 0 atom stereocenters. The summed E-state index contributed by atoms with van der Waals surface area (Å²) in [6.07, 6.45) is 0. The maximum absolute atomic E-state index is 5.29. The molecule has 0 saturated heterocycles. The summed E-state index contributed by atoms with van der Waals surface area (Å²) >= 11 is 0. The summed E-state index contributed by atoms with van der Waals surface area (Å²) in [5.74, 6) is 1.60. The zero-order valence-corrected chi connectivity index (χ0v) is 78.9. The Morgan fingerprint density at radius 1 is 0.145 bits per heavy atom. The van der Waals surface area contributed by atoms with Crippen LogP contribution in [-0.4, -0.2) is 37.8 Å². The number of para-hydroxylation sites is 11. The number of rotatable bonds is 12. The van der Waals surface area contributed by atoms with Crippen LogP contribution >= 0.6 is 0 Å². The number of fused-ring (bicyclic) bond motifs is 20. The summed E-state index contributed by atoms with van der Waals surface area (Å²) in [5, 5.41) is 23.5. The summed E-state index contributed by atoms with van der Waals surface area (Å²) in [6.45, 7) is 0.